The van der Waals surface area contributed by atoms with Crippen molar-refractivity contribution in [2.75, 3.05) is 0 Å². The van der Waals surface area contributed by atoms with Gasteiger partial charge in [-0.15, -0.1) is 11.3 Å². The molecule has 5 nitrogen and oxygen atoms in total. The van der Waals surface area contributed by atoms with Gasteiger partial charge in [0.1, 0.15) is 11.5 Å². The zero-order chi connectivity index (χ0) is 22.5. The third-order valence-electron chi connectivity index (χ3n) is 5.82. The van der Waals surface area contributed by atoms with Crippen LogP contribution in [0.3, 0.4) is 0 Å². The van der Waals surface area contributed by atoms with Crippen LogP contribution in [0.4, 0.5) is 0 Å². The number of carbonyl (C=O) groups is 2. The van der Waals surface area contributed by atoms with E-state index in [9.17, 15) is 9.59 Å². The van der Waals surface area contributed by atoms with Crippen molar-refractivity contribution in [1.82, 2.24) is 10.2 Å². The maximum Gasteiger partial charge on any atom is 0.250 e. The van der Waals surface area contributed by atoms with Crippen LogP contribution in [0.25, 0.3) is 0 Å². The van der Waals surface area contributed by atoms with Gasteiger partial charge in [-0.2, -0.15) is 0 Å². The summed E-state index contributed by atoms with van der Waals surface area (Å²) < 4.78 is 5.88. The first-order chi connectivity index (χ1) is 15.5. The van der Waals surface area contributed by atoms with E-state index in [-0.39, 0.29) is 30.8 Å². The molecule has 0 aliphatic heterocycles. The summed E-state index contributed by atoms with van der Waals surface area (Å²) in [5, 5.41) is 5.67. The van der Waals surface area contributed by atoms with E-state index in [1.807, 2.05) is 48.7 Å². The molecular weight excluding hydrogens is 444 g/mol. The van der Waals surface area contributed by atoms with Crippen LogP contribution in [0.5, 0.6) is 0 Å². The van der Waals surface area contributed by atoms with E-state index in [0.717, 1.165) is 36.1 Å². The zero-order valence-electron chi connectivity index (χ0n) is 18.1. The van der Waals surface area contributed by atoms with Gasteiger partial charge in [-0.05, 0) is 55.0 Å². The fraction of sp³-hybridized carbons (Fsp3) is 0.360. The number of halogens is 1. The first-order valence-electron chi connectivity index (χ1n) is 10.9. The number of furan rings is 1. The van der Waals surface area contributed by atoms with Crippen LogP contribution in [-0.4, -0.2) is 22.8 Å². The van der Waals surface area contributed by atoms with Gasteiger partial charge in [-0.1, -0.05) is 48.7 Å². The Morgan fingerprint density at radius 2 is 1.94 bits per heavy atom. The van der Waals surface area contributed by atoms with Crippen molar-refractivity contribution in [3.05, 3.63) is 80.9 Å². The standard InChI is InChI=1S/C25H27ClN2O3S/c1-17-12-13-22(31-17)24(25(30)27-19-8-3-4-9-19)28(16-18-7-2-5-11-21(18)26)23(29)15-20-10-6-14-32-20/h2,5-7,10-14,19,24H,3-4,8-9,15-16H2,1H3,(H,27,30)/t24-/m0/s1. The Bertz CT molecular complexity index is 1060. The molecule has 1 saturated carbocycles. The summed E-state index contributed by atoms with van der Waals surface area (Å²) in [6.07, 6.45) is 4.36. The first-order valence-corrected chi connectivity index (χ1v) is 12.2. The Morgan fingerprint density at radius 3 is 2.59 bits per heavy atom. The molecule has 1 atom stereocenters. The van der Waals surface area contributed by atoms with Gasteiger partial charge in [-0.25, -0.2) is 0 Å². The molecule has 4 rings (SSSR count). The Morgan fingerprint density at radius 1 is 1.16 bits per heavy atom. The van der Waals surface area contributed by atoms with Crippen molar-refractivity contribution < 1.29 is 14.0 Å². The molecule has 1 aliphatic rings. The van der Waals surface area contributed by atoms with E-state index in [4.69, 9.17) is 16.0 Å². The lowest BCUT2D eigenvalue weighted by molar-refractivity contribution is -0.142. The predicted molar refractivity (Wildman–Crippen MR) is 127 cm³/mol. The summed E-state index contributed by atoms with van der Waals surface area (Å²) in [5.41, 5.74) is 0.788. The van der Waals surface area contributed by atoms with Crippen LogP contribution in [0.1, 0.15) is 53.7 Å². The number of carbonyl (C=O) groups excluding carboxylic acids is 2. The molecule has 2 amide bonds. The summed E-state index contributed by atoms with van der Waals surface area (Å²) >= 11 is 7.95. The predicted octanol–water partition coefficient (Wildman–Crippen LogP) is 5.67. The molecule has 0 bridgehead atoms. The Kier molecular flexibility index (Phi) is 7.33. The number of nitrogens with one attached hydrogen (secondary N) is 1. The lowest BCUT2D eigenvalue weighted by atomic mass is 10.1. The number of hydrogen-bond donors (Lipinski definition) is 1. The van der Waals surface area contributed by atoms with Gasteiger partial charge in [0, 0.05) is 22.5 Å². The van der Waals surface area contributed by atoms with Crippen LogP contribution < -0.4 is 5.32 Å². The quantitative estimate of drug-likeness (QED) is 0.461. The average molecular weight is 471 g/mol. The fourth-order valence-corrected chi connectivity index (χ4v) is 5.06. The Balaban J connectivity index is 1.69. The summed E-state index contributed by atoms with van der Waals surface area (Å²) in [6.45, 7) is 2.05. The van der Waals surface area contributed by atoms with Crippen molar-refractivity contribution in [2.24, 2.45) is 0 Å². The lowest BCUT2D eigenvalue weighted by Gasteiger charge is -2.31. The van der Waals surface area contributed by atoms with Crippen molar-refractivity contribution >= 4 is 34.8 Å². The molecule has 32 heavy (non-hydrogen) atoms. The second-order valence-electron chi connectivity index (χ2n) is 8.21. The molecule has 1 fully saturated rings. The number of amides is 2. The average Bonchev–Trinajstić information content (AvgIpc) is 3.53. The summed E-state index contributed by atoms with van der Waals surface area (Å²) in [5.74, 6) is 0.803. The highest BCUT2D eigenvalue weighted by atomic mass is 35.5. The minimum absolute atomic E-state index is 0.135. The van der Waals surface area contributed by atoms with Gasteiger partial charge in [0.25, 0.3) is 5.91 Å². The molecule has 0 unspecified atom stereocenters. The highest BCUT2D eigenvalue weighted by Crippen LogP contribution is 2.29. The smallest absolute Gasteiger partial charge is 0.250 e. The van der Waals surface area contributed by atoms with Gasteiger partial charge in [0.15, 0.2) is 6.04 Å². The second kappa shape index (κ2) is 10.4. The van der Waals surface area contributed by atoms with E-state index in [2.05, 4.69) is 5.32 Å². The molecule has 168 valence electrons. The maximum atomic E-state index is 13.6. The largest absolute Gasteiger partial charge is 0.464 e. The molecule has 2 aromatic heterocycles. The molecular formula is C25H27ClN2O3S. The highest BCUT2D eigenvalue weighted by Gasteiger charge is 2.35. The van der Waals surface area contributed by atoms with Gasteiger partial charge < -0.3 is 14.6 Å². The number of hydrogen-bond acceptors (Lipinski definition) is 4. The number of rotatable bonds is 8. The molecule has 1 N–H and O–H groups in total. The zero-order valence-corrected chi connectivity index (χ0v) is 19.6. The summed E-state index contributed by atoms with van der Waals surface area (Å²) in [6, 6.07) is 14.1. The molecule has 1 aromatic carbocycles. The SMILES string of the molecule is Cc1ccc([C@@H](C(=O)NC2CCCC2)N(Cc2ccccc2Cl)C(=O)Cc2cccs2)o1. The molecule has 0 spiro atoms. The highest BCUT2D eigenvalue weighted by molar-refractivity contribution is 7.10. The Labute approximate surface area is 197 Å². The molecule has 3 aromatic rings. The van der Waals surface area contributed by atoms with E-state index in [0.29, 0.717) is 16.5 Å². The third-order valence-corrected chi connectivity index (χ3v) is 7.06. The van der Waals surface area contributed by atoms with Crippen LogP contribution in [0, 0.1) is 6.92 Å². The number of nitrogens with zero attached hydrogens (tertiary/aromatic N) is 1. The van der Waals surface area contributed by atoms with Crippen LogP contribution >= 0.6 is 22.9 Å². The monoisotopic (exact) mass is 470 g/mol. The van der Waals surface area contributed by atoms with Crippen molar-refractivity contribution in [1.29, 1.82) is 0 Å². The van der Waals surface area contributed by atoms with E-state index < -0.39 is 6.04 Å². The summed E-state index contributed by atoms with van der Waals surface area (Å²) in [7, 11) is 0. The van der Waals surface area contributed by atoms with E-state index in [1.54, 1.807) is 17.0 Å². The third kappa shape index (κ3) is 5.43. The maximum absolute atomic E-state index is 13.6. The van der Waals surface area contributed by atoms with Gasteiger partial charge in [0.05, 0.1) is 6.42 Å². The van der Waals surface area contributed by atoms with Crippen molar-refractivity contribution in [3.8, 4) is 0 Å². The molecule has 0 radical (unpaired) electrons. The molecule has 7 heteroatoms. The minimum Gasteiger partial charge on any atom is -0.464 e. The Hall–Kier alpha value is -2.57. The van der Waals surface area contributed by atoms with Gasteiger partial charge >= 0.3 is 0 Å². The molecule has 1 aliphatic carbocycles. The normalized spacial score (nSPS) is 14.9. The second-order valence-corrected chi connectivity index (χ2v) is 9.65. The van der Waals surface area contributed by atoms with Crippen LogP contribution in [0.15, 0.2) is 58.3 Å². The number of thiophene rings is 1. The van der Waals surface area contributed by atoms with Crippen LogP contribution in [-0.2, 0) is 22.6 Å². The van der Waals surface area contributed by atoms with Gasteiger partial charge in [0.2, 0.25) is 5.91 Å². The van der Waals surface area contributed by atoms with Crippen LogP contribution in [0.2, 0.25) is 5.02 Å². The fourth-order valence-electron chi connectivity index (χ4n) is 4.17. The summed E-state index contributed by atoms with van der Waals surface area (Å²) in [4.78, 5) is 29.6. The minimum atomic E-state index is -0.868. The number of benzene rings is 1. The molecule has 2 heterocycles. The topological polar surface area (TPSA) is 62.6 Å². The van der Waals surface area contributed by atoms with E-state index >= 15 is 0 Å². The first kappa shape index (κ1) is 22.6. The lowest BCUT2D eigenvalue weighted by Crippen LogP contribution is -2.46. The van der Waals surface area contributed by atoms with Crippen molar-refractivity contribution in [2.45, 2.75) is 57.7 Å². The van der Waals surface area contributed by atoms with Crippen molar-refractivity contribution in [3.63, 3.8) is 0 Å². The number of aryl methyl sites for hydroxylation is 1. The van der Waals surface area contributed by atoms with Gasteiger partial charge in [-0.3, -0.25) is 9.59 Å². The molecule has 0 saturated heterocycles. The van der Waals surface area contributed by atoms with E-state index in [1.165, 1.54) is 11.3 Å².